The molecular formula is C35H47N7O7. The second-order valence-corrected chi connectivity index (χ2v) is 11.0. The molecular weight excluding hydrogens is 630 g/mol. The number of unbranched alkanes of at least 4 members (excludes halogenated alkanes) is 6. The van der Waals surface area contributed by atoms with Crippen LogP contribution in [0.1, 0.15) is 89.4 Å². The predicted octanol–water partition coefficient (Wildman–Crippen LogP) is 4.47. The number of hydrogen-bond acceptors (Lipinski definition) is 11. The summed E-state index contributed by atoms with van der Waals surface area (Å²) in [6.07, 6.45) is 10.4. The van der Waals surface area contributed by atoms with E-state index < -0.39 is 5.91 Å². The van der Waals surface area contributed by atoms with Crippen LogP contribution in [0.2, 0.25) is 0 Å². The second kappa shape index (κ2) is 20.9. The van der Waals surface area contributed by atoms with E-state index in [0.717, 1.165) is 44.9 Å². The maximum absolute atomic E-state index is 12.7. The number of nitrogens with zero attached hydrogens (tertiary/aromatic N) is 2. The molecule has 6 N–H and O–H groups in total. The third-order valence-electron chi connectivity index (χ3n) is 7.44. The van der Waals surface area contributed by atoms with E-state index in [-0.39, 0.29) is 47.8 Å². The third kappa shape index (κ3) is 12.4. The maximum atomic E-state index is 12.7. The van der Waals surface area contributed by atoms with E-state index in [0.29, 0.717) is 48.1 Å². The number of methoxy groups -OCH3 is 1. The number of aliphatic hydroxyl groups excluding tert-OH is 1. The standard InChI is InChI=1S/C35H47N7O7/c1-4-49-31(44)15-10-8-6-5-7-9-11-18-37-33(45)24-16-17-29(39-22-24)42-30-21-28(26(23-40-30)34(46)36-2)41-27-14-12-13-25(32(27)48-3)35(47)38-19-20-43/h12-14,16-17,21-23,43H,4-11,15,18-20H2,1-3H3,(H,36,46)(H,37,45)(H,38,47)(H2,39,40,41,42). The molecule has 0 radical (unpaired) electrons. The SMILES string of the molecule is CCOC(=O)CCCCCCCCCNC(=O)c1ccc(Nc2cc(Nc3cccc(C(=O)NCCO)c3OC)c(C(=O)NC)cn2)nc1. The zero-order valence-corrected chi connectivity index (χ0v) is 28.4. The van der Waals surface area contributed by atoms with Gasteiger partial charge < -0.3 is 41.2 Å². The fourth-order valence-corrected chi connectivity index (χ4v) is 4.94. The lowest BCUT2D eigenvalue weighted by Crippen LogP contribution is -2.26. The first kappa shape index (κ1) is 38.2. The molecule has 0 atom stereocenters. The number of esters is 1. The van der Waals surface area contributed by atoms with Gasteiger partial charge in [-0.2, -0.15) is 0 Å². The highest BCUT2D eigenvalue weighted by atomic mass is 16.5. The van der Waals surface area contributed by atoms with Crippen molar-refractivity contribution in [3.63, 3.8) is 0 Å². The average molecular weight is 678 g/mol. The molecule has 2 heterocycles. The Morgan fingerprint density at radius 1 is 0.755 bits per heavy atom. The van der Waals surface area contributed by atoms with Gasteiger partial charge in [0.2, 0.25) is 0 Å². The van der Waals surface area contributed by atoms with Crippen LogP contribution in [0.15, 0.2) is 48.8 Å². The van der Waals surface area contributed by atoms with Crippen LogP contribution in [0.4, 0.5) is 23.0 Å². The van der Waals surface area contributed by atoms with Crippen LogP contribution in [0.25, 0.3) is 0 Å². The number of benzene rings is 1. The van der Waals surface area contributed by atoms with Crippen molar-refractivity contribution in [3.8, 4) is 5.75 Å². The molecule has 14 nitrogen and oxygen atoms in total. The molecule has 3 amide bonds. The van der Waals surface area contributed by atoms with Gasteiger partial charge in [0.05, 0.1) is 48.4 Å². The highest BCUT2D eigenvalue weighted by Crippen LogP contribution is 2.33. The lowest BCUT2D eigenvalue weighted by molar-refractivity contribution is -0.143. The van der Waals surface area contributed by atoms with Crippen molar-refractivity contribution < 1.29 is 33.8 Å². The van der Waals surface area contributed by atoms with Crippen molar-refractivity contribution in [1.29, 1.82) is 0 Å². The zero-order valence-electron chi connectivity index (χ0n) is 28.4. The number of aliphatic hydroxyl groups is 1. The number of hydrogen-bond donors (Lipinski definition) is 6. The number of anilines is 4. The van der Waals surface area contributed by atoms with Crippen molar-refractivity contribution in [1.82, 2.24) is 25.9 Å². The second-order valence-electron chi connectivity index (χ2n) is 11.0. The molecule has 0 aliphatic rings. The van der Waals surface area contributed by atoms with E-state index in [1.165, 1.54) is 26.6 Å². The van der Waals surface area contributed by atoms with Crippen LogP contribution in [0, 0.1) is 0 Å². The van der Waals surface area contributed by atoms with Crippen molar-refractivity contribution in [2.75, 3.05) is 51.1 Å². The van der Waals surface area contributed by atoms with E-state index in [1.54, 1.807) is 36.4 Å². The minimum absolute atomic E-state index is 0.0864. The van der Waals surface area contributed by atoms with Gasteiger partial charge in [-0.3, -0.25) is 19.2 Å². The molecule has 0 fully saturated rings. The van der Waals surface area contributed by atoms with Gasteiger partial charge in [-0.25, -0.2) is 9.97 Å². The molecule has 0 unspecified atom stereocenters. The van der Waals surface area contributed by atoms with E-state index >= 15 is 0 Å². The third-order valence-corrected chi connectivity index (χ3v) is 7.44. The first-order valence-corrected chi connectivity index (χ1v) is 16.5. The van der Waals surface area contributed by atoms with Gasteiger partial charge >= 0.3 is 5.97 Å². The average Bonchev–Trinajstić information content (AvgIpc) is 3.11. The smallest absolute Gasteiger partial charge is 0.305 e. The monoisotopic (exact) mass is 677 g/mol. The summed E-state index contributed by atoms with van der Waals surface area (Å²) in [4.78, 5) is 58.0. The maximum Gasteiger partial charge on any atom is 0.305 e. The number of nitrogens with one attached hydrogen (secondary N) is 5. The number of carbonyl (C=O) groups excluding carboxylic acids is 4. The fraction of sp³-hybridized carbons (Fsp3) is 0.429. The van der Waals surface area contributed by atoms with Crippen LogP contribution in [-0.4, -0.2) is 79.2 Å². The Balaban J connectivity index is 1.55. The van der Waals surface area contributed by atoms with Crippen molar-refractivity contribution >= 4 is 46.7 Å². The first-order valence-electron chi connectivity index (χ1n) is 16.5. The van der Waals surface area contributed by atoms with Crippen molar-refractivity contribution in [3.05, 3.63) is 65.5 Å². The molecule has 49 heavy (non-hydrogen) atoms. The number of carbonyl (C=O) groups is 4. The zero-order chi connectivity index (χ0) is 35.4. The summed E-state index contributed by atoms with van der Waals surface area (Å²) in [7, 11) is 2.94. The molecule has 0 spiro atoms. The Morgan fingerprint density at radius 2 is 1.47 bits per heavy atom. The normalized spacial score (nSPS) is 10.5. The van der Waals surface area contributed by atoms with Crippen molar-refractivity contribution in [2.45, 2.75) is 58.3 Å². The molecule has 0 aliphatic carbocycles. The summed E-state index contributed by atoms with van der Waals surface area (Å²) in [5.74, 6) is -0.0825. The van der Waals surface area contributed by atoms with Crippen LogP contribution >= 0.6 is 0 Å². The first-order chi connectivity index (χ1) is 23.8. The van der Waals surface area contributed by atoms with Gasteiger partial charge in [0, 0.05) is 45.0 Å². The van der Waals surface area contributed by atoms with E-state index in [1.807, 2.05) is 6.92 Å². The fourth-order valence-electron chi connectivity index (χ4n) is 4.94. The number of amides is 3. The van der Waals surface area contributed by atoms with Gasteiger partial charge in [-0.15, -0.1) is 0 Å². The summed E-state index contributed by atoms with van der Waals surface area (Å²) in [6.45, 7) is 2.69. The highest BCUT2D eigenvalue weighted by Gasteiger charge is 2.19. The molecule has 1 aromatic carbocycles. The molecule has 14 heteroatoms. The minimum Gasteiger partial charge on any atom is -0.494 e. The topological polar surface area (TPSA) is 193 Å². The Bertz CT molecular complexity index is 1530. The number of pyridine rings is 2. The number of aromatic nitrogens is 2. The number of para-hydroxylation sites is 1. The van der Waals surface area contributed by atoms with Crippen LogP contribution in [-0.2, 0) is 9.53 Å². The van der Waals surface area contributed by atoms with E-state index in [4.69, 9.17) is 14.6 Å². The van der Waals surface area contributed by atoms with Gasteiger partial charge in [0.1, 0.15) is 11.6 Å². The summed E-state index contributed by atoms with van der Waals surface area (Å²) in [6, 6.07) is 9.91. The summed E-state index contributed by atoms with van der Waals surface area (Å²) >= 11 is 0. The Hall–Kier alpha value is -5.24. The van der Waals surface area contributed by atoms with E-state index in [2.05, 4.69) is 36.6 Å². The van der Waals surface area contributed by atoms with Crippen LogP contribution in [0.3, 0.4) is 0 Å². The molecule has 2 aromatic heterocycles. The number of ether oxygens (including phenoxy) is 2. The minimum atomic E-state index is -0.423. The Labute approximate surface area is 286 Å². The predicted molar refractivity (Wildman–Crippen MR) is 187 cm³/mol. The van der Waals surface area contributed by atoms with Gasteiger partial charge in [0.25, 0.3) is 17.7 Å². The Morgan fingerprint density at radius 3 is 2.14 bits per heavy atom. The summed E-state index contributed by atoms with van der Waals surface area (Å²) in [5.41, 5.74) is 1.73. The Kier molecular flexibility index (Phi) is 16.3. The number of rotatable bonds is 21. The molecule has 0 saturated heterocycles. The van der Waals surface area contributed by atoms with Gasteiger partial charge in [-0.1, -0.05) is 38.2 Å². The molecule has 3 aromatic rings. The molecule has 3 rings (SSSR count). The lowest BCUT2D eigenvalue weighted by Gasteiger charge is -2.17. The quantitative estimate of drug-likeness (QED) is 0.0689. The largest absolute Gasteiger partial charge is 0.494 e. The molecule has 0 saturated carbocycles. The summed E-state index contributed by atoms with van der Waals surface area (Å²) < 4.78 is 10.5. The summed E-state index contributed by atoms with van der Waals surface area (Å²) in [5, 5.41) is 23.5. The van der Waals surface area contributed by atoms with E-state index in [9.17, 15) is 19.2 Å². The van der Waals surface area contributed by atoms with Gasteiger partial charge in [-0.05, 0) is 44.0 Å². The van der Waals surface area contributed by atoms with Crippen LogP contribution < -0.4 is 31.3 Å². The van der Waals surface area contributed by atoms with Crippen LogP contribution in [0.5, 0.6) is 5.75 Å². The molecule has 0 bridgehead atoms. The van der Waals surface area contributed by atoms with Gasteiger partial charge in [0.15, 0.2) is 5.75 Å². The molecule has 264 valence electrons. The lowest BCUT2D eigenvalue weighted by atomic mass is 10.1. The highest BCUT2D eigenvalue weighted by molar-refractivity contribution is 6.02. The van der Waals surface area contributed by atoms with Crippen molar-refractivity contribution in [2.24, 2.45) is 0 Å². The molecule has 0 aliphatic heterocycles.